The fourth-order valence-corrected chi connectivity index (χ4v) is 2.79. The molecule has 3 N–H and O–H groups in total. The van der Waals surface area contributed by atoms with Crippen molar-refractivity contribution in [2.45, 2.75) is 13.3 Å². The van der Waals surface area contributed by atoms with Crippen LogP contribution in [0.15, 0.2) is 18.0 Å². The second-order valence-electron chi connectivity index (χ2n) is 3.53. The molecule has 0 aliphatic rings. The molecular formula is C11H14N4S2. The van der Waals surface area contributed by atoms with Crippen molar-refractivity contribution in [3.05, 3.63) is 23.0 Å². The van der Waals surface area contributed by atoms with E-state index in [1.165, 1.54) is 11.5 Å². The summed E-state index contributed by atoms with van der Waals surface area (Å²) in [6.07, 6.45) is 2.79. The highest BCUT2D eigenvalue weighted by atomic mass is 32.1. The lowest BCUT2D eigenvalue weighted by Crippen LogP contribution is -2.00. The number of nitrogen functional groups attached to an aromatic ring is 1. The Morgan fingerprint density at radius 3 is 3.06 bits per heavy atom. The Kier molecular flexibility index (Phi) is 3.75. The van der Waals surface area contributed by atoms with E-state index in [1.54, 1.807) is 11.3 Å². The Balaban J connectivity index is 2.26. The van der Waals surface area contributed by atoms with Crippen LogP contribution in [0.2, 0.25) is 0 Å². The fourth-order valence-electron chi connectivity index (χ4n) is 1.44. The molecule has 0 spiro atoms. The second-order valence-corrected chi connectivity index (χ2v) is 5.36. The maximum atomic E-state index is 5.89. The largest absolute Gasteiger partial charge is 0.382 e. The standard InChI is InChI=1S/C11H14N4S2/c1-3-4-5-13-11-9(10(12)15-17-11)8-6-16-7(2)14-8/h3,6,13H,1,4-5H2,2H3,(H2,12,15). The van der Waals surface area contributed by atoms with Crippen LogP contribution in [-0.4, -0.2) is 15.9 Å². The highest BCUT2D eigenvalue weighted by molar-refractivity contribution is 7.11. The third-order valence-electron chi connectivity index (χ3n) is 2.23. The molecule has 0 aliphatic heterocycles. The van der Waals surface area contributed by atoms with E-state index in [9.17, 15) is 0 Å². The van der Waals surface area contributed by atoms with E-state index in [0.717, 1.165) is 34.2 Å². The molecule has 0 atom stereocenters. The first-order valence-electron chi connectivity index (χ1n) is 5.24. The predicted molar refractivity (Wildman–Crippen MR) is 75.7 cm³/mol. The van der Waals surface area contributed by atoms with Crippen LogP contribution in [-0.2, 0) is 0 Å². The first kappa shape index (κ1) is 12.1. The normalized spacial score (nSPS) is 10.4. The molecule has 0 saturated carbocycles. The van der Waals surface area contributed by atoms with Gasteiger partial charge < -0.3 is 11.1 Å². The van der Waals surface area contributed by atoms with Crippen LogP contribution in [0.1, 0.15) is 11.4 Å². The maximum Gasteiger partial charge on any atom is 0.148 e. The number of aromatic nitrogens is 2. The van der Waals surface area contributed by atoms with Gasteiger partial charge in [0.15, 0.2) is 0 Å². The average Bonchev–Trinajstić information content (AvgIpc) is 2.86. The van der Waals surface area contributed by atoms with E-state index in [1.807, 2.05) is 18.4 Å². The first-order chi connectivity index (χ1) is 8.22. The van der Waals surface area contributed by atoms with Gasteiger partial charge in [-0.15, -0.1) is 17.9 Å². The average molecular weight is 266 g/mol. The molecule has 2 heterocycles. The summed E-state index contributed by atoms with van der Waals surface area (Å²) in [6.45, 7) is 6.51. The SMILES string of the molecule is C=CCCNc1snc(N)c1-c1csc(C)n1. The lowest BCUT2D eigenvalue weighted by atomic mass is 10.2. The molecule has 0 bridgehead atoms. The third-order valence-corrected chi connectivity index (χ3v) is 3.82. The molecule has 0 saturated heterocycles. The highest BCUT2D eigenvalue weighted by Gasteiger charge is 2.15. The molecule has 0 unspecified atom stereocenters. The van der Waals surface area contributed by atoms with Crippen molar-refractivity contribution < 1.29 is 0 Å². The van der Waals surface area contributed by atoms with Crippen LogP contribution < -0.4 is 11.1 Å². The number of nitrogens with zero attached hydrogens (tertiary/aromatic N) is 2. The summed E-state index contributed by atoms with van der Waals surface area (Å²) in [5.74, 6) is 0.543. The van der Waals surface area contributed by atoms with E-state index in [-0.39, 0.29) is 0 Å². The van der Waals surface area contributed by atoms with Crippen molar-refractivity contribution in [3.8, 4) is 11.3 Å². The lowest BCUT2D eigenvalue weighted by Gasteiger charge is -2.03. The Morgan fingerprint density at radius 2 is 2.41 bits per heavy atom. The summed E-state index contributed by atoms with van der Waals surface area (Å²) in [4.78, 5) is 4.45. The van der Waals surface area contributed by atoms with Gasteiger partial charge in [-0.05, 0) is 24.9 Å². The van der Waals surface area contributed by atoms with Gasteiger partial charge >= 0.3 is 0 Å². The number of thiazole rings is 1. The molecule has 0 fully saturated rings. The van der Waals surface area contributed by atoms with Gasteiger partial charge in [-0.25, -0.2) is 4.98 Å². The van der Waals surface area contributed by atoms with Crippen molar-refractivity contribution in [1.82, 2.24) is 9.36 Å². The molecule has 0 aliphatic carbocycles. The van der Waals surface area contributed by atoms with Crippen LogP contribution in [0.4, 0.5) is 10.8 Å². The fraction of sp³-hybridized carbons (Fsp3) is 0.273. The summed E-state index contributed by atoms with van der Waals surface area (Å²) < 4.78 is 4.18. The monoisotopic (exact) mass is 266 g/mol. The zero-order chi connectivity index (χ0) is 12.3. The molecule has 4 nitrogen and oxygen atoms in total. The van der Waals surface area contributed by atoms with Gasteiger partial charge in [-0.3, -0.25) is 0 Å². The van der Waals surface area contributed by atoms with Gasteiger partial charge in [-0.1, -0.05) is 6.08 Å². The van der Waals surface area contributed by atoms with E-state index in [2.05, 4.69) is 21.3 Å². The summed E-state index contributed by atoms with van der Waals surface area (Å²) in [5.41, 5.74) is 7.71. The number of nitrogens with two attached hydrogens (primary N) is 1. The van der Waals surface area contributed by atoms with E-state index >= 15 is 0 Å². The molecule has 90 valence electrons. The number of nitrogens with one attached hydrogen (secondary N) is 1. The molecular weight excluding hydrogens is 252 g/mol. The summed E-state index contributed by atoms with van der Waals surface area (Å²) >= 11 is 2.99. The predicted octanol–water partition coefficient (Wildman–Crippen LogP) is 3.15. The molecule has 17 heavy (non-hydrogen) atoms. The number of anilines is 2. The zero-order valence-electron chi connectivity index (χ0n) is 9.56. The van der Waals surface area contributed by atoms with Crippen LogP contribution in [0.3, 0.4) is 0 Å². The second kappa shape index (κ2) is 5.29. The molecule has 0 radical (unpaired) electrons. The number of hydrogen-bond acceptors (Lipinski definition) is 6. The quantitative estimate of drug-likeness (QED) is 0.644. The zero-order valence-corrected chi connectivity index (χ0v) is 11.2. The van der Waals surface area contributed by atoms with E-state index < -0.39 is 0 Å². The molecule has 0 aromatic carbocycles. The topological polar surface area (TPSA) is 63.8 Å². The molecule has 2 rings (SSSR count). The summed E-state index contributed by atoms with van der Waals surface area (Å²) in [5, 5.41) is 7.33. The van der Waals surface area contributed by atoms with Gasteiger partial charge in [0.1, 0.15) is 10.8 Å². The van der Waals surface area contributed by atoms with E-state index in [4.69, 9.17) is 5.73 Å². The highest BCUT2D eigenvalue weighted by Crippen LogP contribution is 2.36. The van der Waals surface area contributed by atoms with Crippen LogP contribution in [0, 0.1) is 6.92 Å². The van der Waals surface area contributed by atoms with Crippen LogP contribution >= 0.6 is 22.9 Å². The Morgan fingerprint density at radius 1 is 1.59 bits per heavy atom. The van der Waals surface area contributed by atoms with Gasteiger partial charge in [-0.2, -0.15) is 4.37 Å². The van der Waals surface area contributed by atoms with Gasteiger partial charge in [0.25, 0.3) is 0 Å². The minimum atomic E-state index is 0.543. The lowest BCUT2D eigenvalue weighted by molar-refractivity contribution is 1.08. The van der Waals surface area contributed by atoms with Gasteiger partial charge in [0.05, 0.1) is 16.3 Å². The molecule has 2 aromatic rings. The summed E-state index contributed by atoms with van der Waals surface area (Å²) in [6, 6.07) is 0. The first-order valence-corrected chi connectivity index (χ1v) is 6.90. The number of aryl methyl sites for hydroxylation is 1. The third kappa shape index (κ3) is 2.65. The number of hydrogen-bond donors (Lipinski definition) is 2. The van der Waals surface area contributed by atoms with Crippen molar-refractivity contribution in [1.29, 1.82) is 0 Å². The molecule has 2 aromatic heterocycles. The Labute approximate surface area is 108 Å². The van der Waals surface area contributed by atoms with Crippen molar-refractivity contribution in [2.24, 2.45) is 0 Å². The maximum absolute atomic E-state index is 5.89. The number of rotatable bonds is 5. The van der Waals surface area contributed by atoms with Gasteiger partial charge in [0, 0.05) is 11.9 Å². The van der Waals surface area contributed by atoms with E-state index in [0.29, 0.717) is 5.82 Å². The van der Waals surface area contributed by atoms with Crippen LogP contribution in [0.25, 0.3) is 11.3 Å². The van der Waals surface area contributed by atoms with Crippen molar-refractivity contribution >= 4 is 33.7 Å². The van der Waals surface area contributed by atoms with Crippen molar-refractivity contribution in [2.75, 3.05) is 17.6 Å². The smallest absolute Gasteiger partial charge is 0.148 e. The Hall–Kier alpha value is -1.40. The van der Waals surface area contributed by atoms with Crippen LogP contribution in [0.5, 0.6) is 0 Å². The Bertz CT molecular complexity index is 515. The molecule has 6 heteroatoms. The molecule has 0 amide bonds. The minimum Gasteiger partial charge on any atom is -0.382 e. The van der Waals surface area contributed by atoms with Crippen molar-refractivity contribution in [3.63, 3.8) is 0 Å². The summed E-state index contributed by atoms with van der Waals surface area (Å²) in [7, 11) is 0. The van der Waals surface area contributed by atoms with Gasteiger partial charge in [0.2, 0.25) is 0 Å². The minimum absolute atomic E-state index is 0.543.